The summed E-state index contributed by atoms with van der Waals surface area (Å²) in [5.74, 6) is 2.34. The molecule has 1 fully saturated rings. The molecule has 3 aromatic rings. The van der Waals surface area contributed by atoms with Gasteiger partial charge in [-0.2, -0.15) is 38.1 Å². The van der Waals surface area contributed by atoms with Crippen molar-refractivity contribution in [3.63, 3.8) is 0 Å². The number of rotatable bonds is 13. The molecular weight excluding hydrogens is 606 g/mol. The van der Waals surface area contributed by atoms with Crippen LogP contribution >= 0.6 is 11.8 Å². The van der Waals surface area contributed by atoms with Gasteiger partial charge in [0.25, 0.3) is 0 Å². The molecule has 14 heteroatoms. The van der Waals surface area contributed by atoms with Gasteiger partial charge in [0.05, 0.1) is 42.7 Å². The van der Waals surface area contributed by atoms with Crippen LogP contribution in [0.15, 0.2) is 43.0 Å². The molecule has 2 aromatic heterocycles. The number of alkyl halides is 6. The molecule has 0 aliphatic heterocycles. The predicted octanol–water partition coefficient (Wildman–Crippen LogP) is 7.83. The van der Waals surface area contributed by atoms with Gasteiger partial charge in [-0.3, -0.25) is 4.98 Å². The molecule has 4 rings (SSSR count). The second-order valence-electron chi connectivity index (χ2n) is 10.7. The Labute approximate surface area is 257 Å². The SMILES string of the molecule is CCN(CC1CCCC1)c1nccnc1CN(c1ncc(OCCSC)cn1)C(C)c1cc(C(F)(F)F)cc(C(F)(F)F)c1. The van der Waals surface area contributed by atoms with Crippen LogP contribution in [0.1, 0.15) is 68.0 Å². The summed E-state index contributed by atoms with van der Waals surface area (Å²) >= 11 is 1.60. The molecule has 1 unspecified atom stereocenters. The standard InChI is InChI=1S/C30H36F6N6OS/c1-4-41(18-21-7-5-6-8-21)27-26(37-9-10-38-27)19-42(28-39-16-25(17-40-28)43-11-12-44-3)20(2)22-13-23(29(31,32)33)15-24(14-22)30(34,35)36/h9-10,13-17,20-21H,4-8,11-12,18-19H2,1-3H3. The second-order valence-corrected chi connectivity index (χ2v) is 11.7. The van der Waals surface area contributed by atoms with Gasteiger partial charge < -0.3 is 14.5 Å². The Kier molecular flexibility index (Phi) is 11.2. The number of nitrogens with zero attached hydrogens (tertiary/aromatic N) is 6. The van der Waals surface area contributed by atoms with E-state index >= 15 is 0 Å². The molecule has 0 N–H and O–H groups in total. The van der Waals surface area contributed by atoms with Crippen molar-refractivity contribution in [3.05, 3.63) is 65.4 Å². The van der Waals surface area contributed by atoms with Gasteiger partial charge in [-0.1, -0.05) is 12.8 Å². The van der Waals surface area contributed by atoms with Crippen LogP contribution in [-0.4, -0.2) is 51.6 Å². The first-order chi connectivity index (χ1) is 20.9. The van der Waals surface area contributed by atoms with E-state index in [2.05, 4.69) is 24.8 Å². The van der Waals surface area contributed by atoms with Gasteiger partial charge in [0.15, 0.2) is 11.6 Å². The highest BCUT2D eigenvalue weighted by molar-refractivity contribution is 7.98. The summed E-state index contributed by atoms with van der Waals surface area (Å²) < 4.78 is 88.1. The Balaban J connectivity index is 1.75. The Hall–Kier alpha value is -3.29. The van der Waals surface area contributed by atoms with Gasteiger partial charge in [0.1, 0.15) is 5.69 Å². The highest BCUT2D eigenvalue weighted by Crippen LogP contribution is 2.39. The minimum Gasteiger partial charge on any atom is -0.489 e. The van der Waals surface area contributed by atoms with E-state index in [4.69, 9.17) is 4.74 Å². The summed E-state index contributed by atoms with van der Waals surface area (Å²) in [6.45, 7) is 5.36. The van der Waals surface area contributed by atoms with Crippen LogP contribution in [0.2, 0.25) is 0 Å². The number of hydrogen-bond donors (Lipinski definition) is 0. The summed E-state index contributed by atoms with van der Waals surface area (Å²) in [6.07, 6.45) is 2.52. The molecule has 44 heavy (non-hydrogen) atoms. The topological polar surface area (TPSA) is 67.3 Å². The molecule has 0 bridgehead atoms. The summed E-state index contributed by atoms with van der Waals surface area (Å²) in [5, 5.41) is 0. The molecule has 1 aliphatic rings. The number of hydrogen-bond acceptors (Lipinski definition) is 8. The average molecular weight is 643 g/mol. The van der Waals surface area contributed by atoms with Crippen LogP contribution < -0.4 is 14.5 Å². The van der Waals surface area contributed by atoms with Gasteiger partial charge in [-0.05, 0) is 62.6 Å². The molecule has 240 valence electrons. The summed E-state index contributed by atoms with van der Waals surface area (Å²) in [5.41, 5.74) is -2.46. The fraction of sp³-hybridized carbons (Fsp3) is 0.533. The van der Waals surface area contributed by atoms with Gasteiger partial charge in [-0.15, -0.1) is 0 Å². The minimum absolute atomic E-state index is 0.0181. The van der Waals surface area contributed by atoms with Crippen molar-refractivity contribution >= 4 is 23.5 Å². The number of thioether (sulfide) groups is 1. The molecule has 1 aliphatic carbocycles. The van der Waals surface area contributed by atoms with Crippen LogP contribution in [0.3, 0.4) is 0 Å². The zero-order chi connectivity index (χ0) is 31.9. The Morgan fingerprint density at radius 1 is 0.932 bits per heavy atom. The smallest absolute Gasteiger partial charge is 0.416 e. The van der Waals surface area contributed by atoms with Gasteiger partial charge >= 0.3 is 12.4 Å². The first-order valence-electron chi connectivity index (χ1n) is 14.4. The van der Waals surface area contributed by atoms with E-state index in [1.807, 2.05) is 13.2 Å². The maximum Gasteiger partial charge on any atom is 0.416 e. The fourth-order valence-electron chi connectivity index (χ4n) is 5.32. The van der Waals surface area contributed by atoms with E-state index in [1.54, 1.807) is 18.0 Å². The van der Waals surface area contributed by atoms with Crippen molar-refractivity contribution < 1.29 is 31.1 Å². The zero-order valence-electron chi connectivity index (χ0n) is 24.8. The quantitative estimate of drug-likeness (QED) is 0.138. The fourth-order valence-corrected chi connectivity index (χ4v) is 5.57. The van der Waals surface area contributed by atoms with E-state index in [-0.39, 0.29) is 24.1 Å². The summed E-state index contributed by atoms with van der Waals surface area (Å²) in [7, 11) is 0. The first kappa shape index (κ1) is 33.6. The van der Waals surface area contributed by atoms with E-state index in [0.717, 1.165) is 37.3 Å². The summed E-state index contributed by atoms with van der Waals surface area (Å²) in [6, 6.07) is 0.591. The third-order valence-electron chi connectivity index (χ3n) is 7.69. The van der Waals surface area contributed by atoms with Crippen molar-refractivity contribution in [1.29, 1.82) is 0 Å². The molecule has 2 heterocycles. The van der Waals surface area contributed by atoms with Crippen molar-refractivity contribution in [2.24, 2.45) is 5.92 Å². The van der Waals surface area contributed by atoms with E-state index in [9.17, 15) is 26.3 Å². The number of aromatic nitrogens is 4. The van der Waals surface area contributed by atoms with Crippen molar-refractivity contribution in [3.8, 4) is 5.75 Å². The van der Waals surface area contributed by atoms with Crippen LogP contribution in [0, 0.1) is 5.92 Å². The Morgan fingerprint density at radius 2 is 1.55 bits per heavy atom. The van der Waals surface area contributed by atoms with Gasteiger partial charge in [0.2, 0.25) is 5.95 Å². The molecule has 7 nitrogen and oxygen atoms in total. The molecule has 0 amide bonds. The molecule has 0 saturated heterocycles. The van der Waals surface area contributed by atoms with E-state index in [1.165, 1.54) is 43.3 Å². The largest absolute Gasteiger partial charge is 0.489 e. The molecule has 0 spiro atoms. The van der Waals surface area contributed by atoms with Crippen molar-refractivity contribution in [1.82, 2.24) is 19.9 Å². The number of benzene rings is 1. The predicted molar refractivity (Wildman–Crippen MR) is 159 cm³/mol. The molecule has 0 radical (unpaired) electrons. The lowest BCUT2D eigenvalue weighted by Gasteiger charge is -2.32. The van der Waals surface area contributed by atoms with Crippen molar-refractivity contribution in [2.45, 2.75) is 64.5 Å². The van der Waals surface area contributed by atoms with Crippen LogP contribution in [0.4, 0.5) is 38.1 Å². The van der Waals surface area contributed by atoms with Crippen LogP contribution in [0.25, 0.3) is 0 Å². The third-order valence-corrected chi connectivity index (χ3v) is 8.27. The van der Waals surface area contributed by atoms with Crippen LogP contribution in [-0.2, 0) is 18.9 Å². The molecular formula is C30H36F6N6OS. The number of anilines is 2. The van der Waals surface area contributed by atoms with E-state index < -0.39 is 29.5 Å². The lowest BCUT2D eigenvalue weighted by Crippen LogP contribution is -2.33. The lowest BCUT2D eigenvalue weighted by molar-refractivity contribution is -0.143. The molecule has 1 saturated carbocycles. The number of halogens is 6. The van der Waals surface area contributed by atoms with Crippen molar-refractivity contribution in [2.75, 3.05) is 41.5 Å². The van der Waals surface area contributed by atoms with Gasteiger partial charge in [0, 0.05) is 31.2 Å². The van der Waals surface area contributed by atoms with Crippen LogP contribution in [0.5, 0.6) is 5.75 Å². The lowest BCUT2D eigenvalue weighted by atomic mass is 9.99. The maximum atomic E-state index is 13.7. The minimum atomic E-state index is -4.98. The number of ether oxygens (including phenoxy) is 1. The molecule has 1 aromatic carbocycles. The second kappa shape index (κ2) is 14.7. The highest BCUT2D eigenvalue weighted by Gasteiger charge is 2.38. The Bertz CT molecular complexity index is 1320. The Morgan fingerprint density at radius 3 is 2.11 bits per heavy atom. The molecule has 1 atom stereocenters. The van der Waals surface area contributed by atoms with E-state index in [0.29, 0.717) is 36.3 Å². The third kappa shape index (κ3) is 8.66. The summed E-state index contributed by atoms with van der Waals surface area (Å²) in [4.78, 5) is 21.6. The highest BCUT2D eigenvalue weighted by atomic mass is 32.2. The normalized spacial score (nSPS) is 14.9. The average Bonchev–Trinajstić information content (AvgIpc) is 3.51. The van der Waals surface area contributed by atoms with Gasteiger partial charge in [-0.25, -0.2) is 15.0 Å². The zero-order valence-corrected chi connectivity index (χ0v) is 25.6. The maximum absolute atomic E-state index is 13.7. The monoisotopic (exact) mass is 642 g/mol. The first-order valence-corrected chi connectivity index (χ1v) is 15.8.